The van der Waals surface area contributed by atoms with Gasteiger partial charge in [-0.2, -0.15) is 0 Å². The van der Waals surface area contributed by atoms with Gasteiger partial charge in [-0.1, -0.05) is 12.1 Å². The van der Waals surface area contributed by atoms with E-state index in [0.717, 1.165) is 0 Å². The smallest absolute Gasteiger partial charge is 0.254 e. The first-order valence-electron chi connectivity index (χ1n) is 5.59. The van der Waals surface area contributed by atoms with Crippen LogP contribution in [0.3, 0.4) is 0 Å². The van der Waals surface area contributed by atoms with Crippen LogP contribution in [0.2, 0.25) is 0 Å². The van der Waals surface area contributed by atoms with Gasteiger partial charge in [-0.25, -0.2) is 9.37 Å². The lowest BCUT2D eigenvalue weighted by Crippen LogP contribution is -2.30. The standard InChI is InChI=1S/C13H11FN2O2S/c14-11-4-2-1-3-10(11)13(18)16-8-9(17)7-12-15-5-6-19-12/h1-6H,7-8H2,(H,16,18). The van der Waals surface area contributed by atoms with Crippen molar-refractivity contribution in [2.45, 2.75) is 6.42 Å². The maximum atomic E-state index is 13.3. The molecule has 98 valence electrons. The van der Waals surface area contributed by atoms with Crippen molar-refractivity contribution in [2.24, 2.45) is 0 Å². The van der Waals surface area contributed by atoms with Crippen LogP contribution in [-0.2, 0) is 11.2 Å². The third-order valence-electron chi connectivity index (χ3n) is 2.40. The number of carbonyl (C=O) groups is 2. The number of Topliss-reactive ketones (excluding diaryl/α,β-unsaturated/α-hetero) is 1. The lowest BCUT2D eigenvalue weighted by molar-refractivity contribution is -0.117. The monoisotopic (exact) mass is 278 g/mol. The summed E-state index contributed by atoms with van der Waals surface area (Å²) in [6, 6.07) is 5.64. The lowest BCUT2D eigenvalue weighted by atomic mass is 10.2. The highest BCUT2D eigenvalue weighted by Crippen LogP contribution is 2.06. The van der Waals surface area contributed by atoms with Crippen LogP contribution in [0.1, 0.15) is 15.4 Å². The number of benzene rings is 1. The normalized spacial score (nSPS) is 10.2. The number of nitrogens with zero attached hydrogens (tertiary/aromatic N) is 1. The van der Waals surface area contributed by atoms with Crippen molar-refractivity contribution in [1.82, 2.24) is 10.3 Å². The highest BCUT2D eigenvalue weighted by molar-refractivity contribution is 7.09. The molecule has 0 unspecified atom stereocenters. The lowest BCUT2D eigenvalue weighted by Gasteiger charge is -2.04. The quantitative estimate of drug-likeness (QED) is 0.907. The van der Waals surface area contributed by atoms with E-state index >= 15 is 0 Å². The molecule has 2 rings (SSSR count). The van der Waals surface area contributed by atoms with Crippen molar-refractivity contribution in [3.8, 4) is 0 Å². The van der Waals surface area contributed by atoms with Gasteiger partial charge in [0, 0.05) is 11.6 Å². The summed E-state index contributed by atoms with van der Waals surface area (Å²) in [6.45, 7) is -0.132. The molecule has 0 aliphatic heterocycles. The highest BCUT2D eigenvalue weighted by Gasteiger charge is 2.12. The molecule has 0 aliphatic rings. The van der Waals surface area contributed by atoms with E-state index in [2.05, 4.69) is 10.3 Å². The second-order valence-corrected chi connectivity index (χ2v) is 4.78. The van der Waals surface area contributed by atoms with Crippen molar-refractivity contribution >= 4 is 23.0 Å². The highest BCUT2D eigenvalue weighted by atomic mass is 32.1. The molecule has 0 atom stereocenters. The number of carbonyl (C=O) groups excluding carboxylic acids is 2. The average molecular weight is 278 g/mol. The molecule has 0 saturated heterocycles. The third kappa shape index (κ3) is 3.69. The number of aromatic nitrogens is 1. The predicted molar refractivity (Wildman–Crippen MR) is 69.6 cm³/mol. The Labute approximate surface area is 113 Å². The Balaban J connectivity index is 1.87. The molecule has 0 spiro atoms. The van der Waals surface area contributed by atoms with Crippen LogP contribution in [0.4, 0.5) is 4.39 Å². The molecule has 1 heterocycles. The van der Waals surface area contributed by atoms with Crippen LogP contribution in [0.25, 0.3) is 0 Å². The van der Waals surface area contributed by atoms with Crippen LogP contribution in [0.15, 0.2) is 35.8 Å². The van der Waals surface area contributed by atoms with E-state index in [-0.39, 0.29) is 24.3 Å². The first-order chi connectivity index (χ1) is 9.16. The Kier molecular flexibility index (Phi) is 4.35. The minimum atomic E-state index is -0.604. The molecule has 0 radical (unpaired) electrons. The number of nitrogens with one attached hydrogen (secondary N) is 1. The summed E-state index contributed by atoms with van der Waals surface area (Å²) in [5.74, 6) is -1.36. The second kappa shape index (κ2) is 6.19. The summed E-state index contributed by atoms with van der Waals surface area (Å²) in [4.78, 5) is 27.2. The van der Waals surface area contributed by atoms with E-state index in [1.165, 1.54) is 29.5 Å². The number of hydrogen-bond donors (Lipinski definition) is 1. The van der Waals surface area contributed by atoms with E-state index in [0.29, 0.717) is 5.01 Å². The molecule has 0 aliphatic carbocycles. The molecule has 0 saturated carbocycles. The maximum absolute atomic E-state index is 13.3. The fourth-order valence-corrected chi connectivity index (χ4v) is 2.14. The molecule has 0 bridgehead atoms. The summed E-state index contributed by atoms with van der Waals surface area (Å²) < 4.78 is 13.3. The van der Waals surface area contributed by atoms with Gasteiger partial charge in [0.1, 0.15) is 5.82 Å². The van der Waals surface area contributed by atoms with Crippen molar-refractivity contribution in [3.05, 3.63) is 52.2 Å². The fraction of sp³-hybridized carbons (Fsp3) is 0.154. The zero-order valence-electron chi connectivity index (χ0n) is 9.93. The molecule has 1 aromatic heterocycles. The molecule has 4 nitrogen and oxygen atoms in total. The van der Waals surface area contributed by atoms with Crippen LogP contribution in [0.5, 0.6) is 0 Å². The molecule has 1 N–H and O–H groups in total. The van der Waals surface area contributed by atoms with E-state index in [1.807, 2.05) is 0 Å². The number of amides is 1. The van der Waals surface area contributed by atoms with Gasteiger partial charge in [0.25, 0.3) is 5.91 Å². The zero-order valence-corrected chi connectivity index (χ0v) is 10.7. The first-order valence-corrected chi connectivity index (χ1v) is 6.47. The second-order valence-electron chi connectivity index (χ2n) is 3.80. The summed E-state index contributed by atoms with van der Waals surface area (Å²) in [6.07, 6.45) is 1.79. The van der Waals surface area contributed by atoms with Gasteiger partial charge >= 0.3 is 0 Å². The molecule has 2 aromatic rings. The van der Waals surface area contributed by atoms with Crippen LogP contribution < -0.4 is 5.32 Å². The van der Waals surface area contributed by atoms with Gasteiger partial charge in [0.15, 0.2) is 5.78 Å². The van der Waals surface area contributed by atoms with E-state index in [1.54, 1.807) is 17.6 Å². The van der Waals surface area contributed by atoms with Crippen LogP contribution in [0, 0.1) is 5.82 Å². The van der Waals surface area contributed by atoms with Crippen LogP contribution >= 0.6 is 11.3 Å². The summed E-state index contributed by atoms with van der Waals surface area (Å²) in [5.41, 5.74) is -0.0652. The van der Waals surface area contributed by atoms with E-state index < -0.39 is 11.7 Å². The summed E-state index contributed by atoms with van der Waals surface area (Å²) in [5, 5.41) is 4.88. The van der Waals surface area contributed by atoms with Gasteiger partial charge < -0.3 is 5.32 Å². The Hall–Kier alpha value is -2.08. The molecular weight excluding hydrogens is 267 g/mol. The molecule has 1 aromatic carbocycles. The van der Waals surface area contributed by atoms with Crippen LogP contribution in [-0.4, -0.2) is 23.2 Å². The minimum absolute atomic E-state index is 0.0652. The molecule has 1 amide bonds. The molecule has 6 heteroatoms. The number of thiazole rings is 1. The van der Waals surface area contributed by atoms with E-state index in [9.17, 15) is 14.0 Å². The third-order valence-corrected chi connectivity index (χ3v) is 3.18. The van der Waals surface area contributed by atoms with Crippen molar-refractivity contribution in [2.75, 3.05) is 6.54 Å². The first kappa shape index (κ1) is 13.4. The topological polar surface area (TPSA) is 59.1 Å². The fourth-order valence-electron chi connectivity index (χ4n) is 1.49. The maximum Gasteiger partial charge on any atom is 0.254 e. The minimum Gasteiger partial charge on any atom is -0.345 e. The average Bonchev–Trinajstić information content (AvgIpc) is 2.89. The molecule has 0 fully saturated rings. The Morgan fingerprint density at radius 3 is 2.79 bits per heavy atom. The van der Waals surface area contributed by atoms with Crippen molar-refractivity contribution in [1.29, 1.82) is 0 Å². The number of halogens is 1. The Bertz CT molecular complexity index is 584. The van der Waals surface area contributed by atoms with Gasteiger partial charge in [0.05, 0.1) is 23.5 Å². The number of ketones is 1. The molecular formula is C13H11FN2O2S. The summed E-state index contributed by atoms with van der Waals surface area (Å²) in [7, 11) is 0. The Morgan fingerprint density at radius 2 is 2.11 bits per heavy atom. The SMILES string of the molecule is O=C(CNC(=O)c1ccccc1F)Cc1nccs1. The van der Waals surface area contributed by atoms with Gasteiger partial charge in [-0.3, -0.25) is 9.59 Å². The van der Waals surface area contributed by atoms with Gasteiger partial charge in [-0.05, 0) is 12.1 Å². The van der Waals surface area contributed by atoms with Crippen molar-refractivity contribution < 1.29 is 14.0 Å². The largest absolute Gasteiger partial charge is 0.345 e. The number of rotatable bonds is 5. The Morgan fingerprint density at radius 1 is 1.32 bits per heavy atom. The predicted octanol–water partition coefficient (Wildman–Crippen LogP) is 1.82. The van der Waals surface area contributed by atoms with Gasteiger partial charge in [-0.15, -0.1) is 11.3 Å². The zero-order chi connectivity index (χ0) is 13.7. The number of hydrogen-bond acceptors (Lipinski definition) is 4. The van der Waals surface area contributed by atoms with Crippen molar-refractivity contribution in [3.63, 3.8) is 0 Å². The summed E-state index contributed by atoms with van der Waals surface area (Å²) >= 11 is 1.38. The molecule has 19 heavy (non-hydrogen) atoms. The van der Waals surface area contributed by atoms with Gasteiger partial charge in [0.2, 0.25) is 0 Å². The van der Waals surface area contributed by atoms with E-state index in [4.69, 9.17) is 0 Å².